The number of halogens is 2. The molecule has 4 nitrogen and oxygen atoms in total. The van der Waals surface area contributed by atoms with Crippen LogP contribution in [0.15, 0.2) is 58.2 Å². The number of benzene rings is 2. The number of aromatic nitrogens is 3. The van der Waals surface area contributed by atoms with Gasteiger partial charge in [0.1, 0.15) is 5.75 Å². The summed E-state index contributed by atoms with van der Waals surface area (Å²) in [7, 11) is 0. The molecule has 0 amide bonds. The van der Waals surface area contributed by atoms with Gasteiger partial charge in [-0.2, -0.15) is 0 Å². The molecule has 26 heavy (non-hydrogen) atoms. The molecule has 2 aromatic carbocycles. The number of nitrogens with zero attached hydrogens (tertiary/aromatic N) is 3. The SMILES string of the molecule is CCn1c(SCc2ccc(Br)cc2)nnc1C(C)Oc1cccc(Cl)c1. The second-order valence-electron chi connectivity index (χ2n) is 5.72. The molecule has 1 atom stereocenters. The Morgan fingerprint density at radius 1 is 1.19 bits per heavy atom. The van der Waals surface area contributed by atoms with Crippen molar-refractivity contribution in [2.24, 2.45) is 0 Å². The van der Waals surface area contributed by atoms with Crippen LogP contribution in [-0.4, -0.2) is 14.8 Å². The van der Waals surface area contributed by atoms with E-state index in [-0.39, 0.29) is 6.10 Å². The molecule has 0 N–H and O–H groups in total. The van der Waals surface area contributed by atoms with Gasteiger partial charge in [0.05, 0.1) is 0 Å². The largest absolute Gasteiger partial charge is 0.483 e. The molecule has 7 heteroatoms. The van der Waals surface area contributed by atoms with Crippen LogP contribution in [0, 0.1) is 0 Å². The maximum atomic E-state index is 6.03. The van der Waals surface area contributed by atoms with E-state index in [2.05, 4.69) is 49.8 Å². The van der Waals surface area contributed by atoms with Gasteiger partial charge in [-0.3, -0.25) is 0 Å². The summed E-state index contributed by atoms with van der Waals surface area (Å²) in [6.45, 7) is 4.84. The first kappa shape index (κ1) is 19.3. The van der Waals surface area contributed by atoms with Crippen molar-refractivity contribution >= 4 is 39.3 Å². The normalized spacial score (nSPS) is 12.2. The summed E-state index contributed by atoms with van der Waals surface area (Å²) in [5.74, 6) is 2.38. The van der Waals surface area contributed by atoms with Crippen molar-refractivity contribution in [2.45, 2.75) is 37.4 Å². The molecule has 3 rings (SSSR count). The van der Waals surface area contributed by atoms with Crippen LogP contribution in [0.2, 0.25) is 5.02 Å². The van der Waals surface area contributed by atoms with Gasteiger partial charge in [0.15, 0.2) is 17.1 Å². The zero-order chi connectivity index (χ0) is 18.5. The van der Waals surface area contributed by atoms with Crippen LogP contribution in [0.4, 0.5) is 0 Å². The summed E-state index contributed by atoms with van der Waals surface area (Å²) >= 11 is 11.2. The van der Waals surface area contributed by atoms with Crippen LogP contribution in [0.5, 0.6) is 5.75 Å². The predicted octanol–water partition coefficient (Wildman–Crippen LogP) is 6.15. The lowest BCUT2D eigenvalue weighted by Gasteiger charge is -2.15. The van der Waals surface area contributed by atoms with Gasteiger partial charge in [0.2, 0.25) is 0 Å². The first-order valence-electron chi connectivity index (χ1n) is 8.29. The van der Waals surface area contributed by atoms with Gasteiger partial charge < -0.3 is 9.30 Å². The molecule has 0 aliphatic heterocycles. The maximum Gasteiger partial charge on any atom is 0.191 e. The van der Waals surface area contributed by atoms with Crippen LogP contribution >= 0.6 is 39.3 Å². The minimum absolute atomic E-state index is 0.219. The summed E-state index contributed by atoms with van der Waals surface area (Å²) < 4.78 is 9.17. The van der Waals surface area contributed by atoms with E-state index in [0.29, 0.717) is 5.02 Å². The van der Waals surface area contributed by atoms with Crippen LogP contribution in [-0.2, 0) is 12.3 Å². The van der Waals surface area contributed by atoms with Gasteiger partial charge in [-0.25, -0.2) is 0 Å². The highest BCUT2D eigenvalue weighted by atomic mass is 79.9. The molecule has 0 spiro atoms. The molecule has 0 aliphatic rings. The quantitative estimate of drug-likeness (QED) is 0.403. The smallest absolute Gasteiger partial charge is 0.191 e. The zero-order valence-corrected chi connectivity index (χ0v) is 17.7. The number of thioether (sulfide) groups is 1. The standard InChI is InChI=1S/C19H19BrClN3OS/c1-3-24-18(13(2)25-17-6-4-5-16(21)11-17)22-23-19(24)26-12-14-7-9-15(20)10-8-14/h4-11,13H,3,12H2,1-2H3. The van der Waals surface area contributed by atoms with E-state index in [0.717, 1.165) is 33.5 Å². The fourth-order valence-electron chi connectivity index (χ4n) is 2.53. The van der Waals surface area contributed by atoms with E-state index in [1.807, 2.05) is 37.3 Å². The first-order valence-corrected chi connectivity index (χ1v) is 10.4. The van der Waals surface area contributed by atoms with Crippen molar-refractivity contribution in [1.82, 2.24) is 14.8 Å². The third kappa shape index (κ3) is 4.81. The Hall–Kier alpha value is -1.50. The molecule has 136 valence electrons. The van der Waals surface area contributed by atoms with Crippen LogP contribution < -0.4 is 4.74 Å². The summed E-state index contributed by atoms with van der Waals surface area (Å²) in [6.07, 6.45) is -0.219. The molecule has 0 aliphatic carbocycles. The highest BCUT2D eigenvalue weighted by Crippen LogP contribution is 2.27. The van der Waals surface area contributed by atoms with E-state index in [9.17, 15) is 0 Å². The summed E-state index contributed by atoms with van der Waals surface area (Å²) in [4.78, 5) is 0. The minimum Gasteiger partial charge on any atom is -0.483 e. The van der Waals surface area contributed by atoms with Gasteiger partial charge in [-0.1, -0.05) is 57.5 Å². The van der Waals surface area contributed by atoms with Crippen LogP contribution in [0.25, 0.3) is 0 Å². The van der Waals surface area contributed by atoms with Gasteiger partial charge >= 0.3 is 0 Å². The second-order valence-corrected chi connectivity index (χ2v) is 8.01. The lowest BCUT2D eigenvalue weighted by molar-refractivity contribution is 0.210. The monoisotopic (exact) mass is 451 g/mol. The average Bonchev–Trinajstić information content (AvgIpc) is 3.04. The Morgan fingerprint density at radius 3 is 2.65 bits per heavy atom. The molecule has 0 saturated heterocycles. The summed E-state index contributed by atoms with van der Waals surface area (Å²) in [6, 6.07) is 15.7. The predicted molar refractivity (Wildman–Crippen MR) is 110 cm³/mol. The molecule has 3 aromatic rings. The molecule has 0 saturated carbocycles. The number of hydrogen-bond donors (Lipinski definition) is 0. The first-order chi connectivity index (χ1) is 12.6. The highest BCUT2D eigenvalue weighted by molar-refractivity contribution is 9.10. The zero-order valence-electron chi connectivity index (χ0n) is 14.5. The lowest BCUT2D eigenvalue weighted by atomic mass is 10.2. The summed E-state index contributed by atoms with van der Waals surface area (Å²) in [5, 5.41) is 10.3. The van der Waals surface area contributed by atoms with E-state index < -0.39 is 0 Å². The van der Waals surface area contributed by atoms with Crippen LogP contribution in [0.3, 0.4) is 0 Å². The maximum absolute atomic E-state index is 6.03. The van der Waals surface area contributed by atoms with E-state index >= 15 is 0 Å². The third-order valence-corrected chi connectivity index (χ3v) is 5.62. The van der Waals surface area contributed by atoms with Crippen molar-refractivity contribution in [3.05, 3.63) is 69.4 Å². The molecule has 1 unspecified atom stereocenters. The van der Waals surface area contributed by atoms with Crippen molar-refractivity contribution < 1.29 is 4.74 Å². The summed E-state index contributed by atoms with van der Waals surface area (Å²) in [5.41, 5.74) is 1.24. The van der Waals surface area contributed by atoms with Gasteiger partial charge in [0.25, 0.3) is 0 Å². The molecule has 0 radical (unpaired) electrons. The van der Waals surface area contributed by atoms with E-state index in [1.165, 1.54) is 5.56 Å². The Bertz CT molecular complexity index is 869. The molecule has 0 fully saturated rings. The number of hydrogen-bond acceptors (Lipinski definition) is 4. The minimum atomic E-state index is -0.219. The van der Waals surface area contributed by atoms with E-state index in [1.54, 1.807) is 17.8 Å². The van der Waals surface area contributed by atoms with Crippen molar-refractivity contribution in [3.63, 3.8) is 0 Å². The fraction of sp³-hybridized carbons (Fsp3) is 0.263. The molecule has 0 bridgehead atoms. The Morgan fingerprint density at radius 2 is 1.96 bits per heavy atom. The Kier molecular flexibility index (Phi) is 6.62. The van der Waals surface area contributed by atoms with Crippen LogP contribution in [0.1, 0.15) is 31.3 Å². The van der Waals surface area contributed by atoms with Crippen molar-refractivity contribution in [3.8, 4) is 5.75 Å². The lowest BCUT2D eigenvalue weighted by Crippen LogP contribution is -2.12. The van der Waals surface area contributed by atoms with Gasteiger partial charge in [-0.05, 0) is 49.7 Å². The highest BCUT2D eigenvalue weighted by Gasteiger charge is 2.18. The Labute approximate surface area is 171 Å². The number of rotatable bonds is 7. The van der Waals surface area contributed by atoms with Gasteiger partial charge in [0, 0.05) is 21.8 Å². The molecular formula is C19H19BrClN3OS. The average molecular weight is 453 g/mol. The fourth-order valence-corrected chi connectivity index (χ4v) is 3.94. The molecular weight excluding hydrogens is 434 g/mol. The van der Waals surface area contributed by atoms with E-state index in [4.69, 9.17) is 16.3 Å². The second kappa shape index (κ2) is 8.93. The van der Waals surface area contributed by atoms with Gasteiger partial charge in [-0.15, -0.1) is 10.2 Å². The third-order valence-electron chi connectivity index (χ3n) is 3.82. The van der Waals surface area contributed by atoms with Crippen molar-refractivity contribution in [2.75, 3.05) is 0 Å². The van der Waals surface area contributed by atoms with Crippen molar-refractivity contribution in [1.29, 1.82) is 0 Å². The molecule has 1 aromatic heterocycles. The molecule has 1 heterocycles. The Balaban J connectivity index is 1.71. The number of ether oxygens (including phenoxy) is 1. The topological polar surface area (TPSA) is 39.9 Å².